The van der Waals surface area contributed by atoms with Gasteiger partial charge < -0.3 is 10.1 Å². The van der Waals surface area contributed by atoms with Crippen LogP contribution in [-0.2, 0) is 4.79 Å². The van der Waals surface area contributed by atoms with Crippen molar-refractivity contribution in [3.8, 4) is 5.75 Å². The van der Waals surface area contributed by atoms with Crippen molar-refractivity contribution in [3.05, 3.63) is 65.7 Å². The third-order valence-electron chi connectivity index (χ3n) is 2.96. The van der Waals surface area contributed by atoms with Crippen molar-refractivity contribution in [3.63, 3.8) is 0 Å². The topological polar surface area (TPSA) is 79.8 Å². The first kappa shape index (κ1) is 16.2. The molecule has 118 valence electrons. The minimum atomic E-state index is -0.404. The molecule has 2 aromatic carbocycles. The lowest BCUT2D eigenvalue weighted by molar-refractivity contribution is -0.120. The summed E-state index contributed by atoms with van der Waals surface area (Å²) in [7, 11) is 1.59. The molecule has 23 heavy (non-hydrogen) atoms. The normalized spacial score (nSPS) is 10.3. The highest BCUT2D eigenvalue weighted by atomic mass is 16.5. The number of nitrogens with one attached hydrogen (secondary N) is 2. The Balaban J connectivity index is 1.76. The van der Waals surface area contributed by atoms with Gasteiger partial charge in [0.15, 0.2) is 0 Å². The number of rotatable bonds is 6. The van der Waals surface area contributed by atoms with Crippen LogP contribution in [0, 0.1) is 0 Å². The van der Waals surface area contributed by atoms with E-state index in [1.54, 1.807) is 43.5 Å². The lowest BCUT2D eigenvalue weighted by Crippen LogP contribution is -2.34. The number of hydrazone groups is 1. The van der Waals surface area contributed by atoms with E-state index in [4.69, 9.17) is 4.74 Å². The number of carbonyl (C=O) groups excluding carboxylic acids is 2. The third kappa shape index (κ3) is 5.28. The van der Waals surface area contributed by atoms with Crippen LogP contribution in [0.1, 0.15) is 15.9 Å². The van der Waals surface area contributed by atoms with Crippen LogP contribution in [0.4, 0.5) is 0 Å². The number of ether oxygens (including phenoxy) is 1. The molecule has 0 heterocycles. The van der Waals surface area contributed by atoms with Crippen molar-refractivity contribution in [2.75, 3.05) is 13.7 Å². The summed E-state index contributed by atoms with van der Waals surface area (Å²) in [6.07, 6.45) is 1.51. The Morgan fingerprint density at radius 2 is 1.78 bits per heavy atom. The van der Waals surface area contributed by atoms with Gasteiger partial charge in [0.2, 0.25) is 0 Å². The number of hydrogen-bond donors (Lipinski definition) is 2. The summed E-state index contributed by atoms with van der Waals surface area (Å²) < 4.78 is 5.05. The number of methoxy groups -OCH3 is 1. The van der Waals surface area contributed by atoms with Crippen LogP contribution in [0.5, 0.6) is 5.75 Å². The van der Waals surface area contributed by atoms with Gasteiger partial charge in [0.25, 0.3) is 11.8 Å². The molecule has 6 heteroatoms. The molecular weight excluding hydrogens is 294 g/mol. The van der Waals surface area contributed by atoms with E-state index >= 15 is 0 Å². The van der Waals surface area contributed by atoms with Gasteiger partial charge in [-0.25, -0.2) is 5.43 Å². The van der Waals surface area contributed by atoms with E-state index in [9.17, 15) is 9.59 Å². The molecule has 0 saturated carbocycles. The van der Waals surface area contributed by atoms with Crippen LogP contribution in [-0.4, -0.2) is 31.7 Å². The Hall–Kier alpha value is -3.15. The third-order valence-corrected chi connectivity index (χ3v) is 2.96. The molecule has 0 bridgehead atoms. The van der Waals surface area contributed by atoms with Crippen molar-refractivity contribution in [1.29, 1.82) is 0 Å². The van der Waals surface area contributed by atoms with E-state index in [1.807, 2.05) is 18.2 Å². The molecular formula is C17H17N3O3. The predicted molar refractivity (Wildman–Crippen MR) is 87.5 cm³/mol. The van der Waals surface area contributed by atoms with Crippen LogP contribution in [0.3, 0.4) is 0 Å². The number of carbonyl (C=O) groups is 2. The monoisotopic (exact) mass is 311 g/mol. The first-order valence-electron chi connectivity index (χ1n) is 6.98. The van der Waals surface area contributed by atoms with Gasteiger partial charge in [-0.3, -0.25) is 9.59 Å². The number of benzene rings is 2. The van der Waals surface area contributed by atoms with Gasteiger partial charge in [-0.1, -0.05) is 18.2 Å². The lowest BCUT2D eigenvalue weighted by atomic mass is 10.2. The van der Waals surface area contributed by atoms with Gasteiger partial charge in [0.05, 0.1) is 19.9 Å². The standard InChI is InChI=1S/C17H17N3O3/c1-23-15-9-7-13(8-10-15)11-19-20-16(21)12-18-17(22)14-5-3-2-4-6-14/h2-11H,12H2,1H3,(H,18,22)(H,20,21)/b19-11-. The summed E-state index contributed by atoms with van der Waals surface area (Å²) in [5.41, 5.74) is 3.67. The Kier molecular flexibility index (Phi) is 5.88. The highest BCUT2D eigenvalue weighted by Crippen LogP contribution is 2.09. The molecule has 6 nitrogen and oxygen atoms in total. The van der Waals surface area contributed by atoms with Gasteiger partial charge in [0.1, 0.15) is 5.75 Å². The zero-order valence-corrected chi connectivity index (χ0v) is 12.7. The molecule has 0 aliphatic carbocycles. The van der Waals surface area contributed by atoms with Crippen LogP contribution in [0.15, 0.2) is 59.7 Å². The molecule has 0 unspecified atom stereocenters. The van der Waals surface area contributed by atoms with Crippen molar-refractivity contribution in [2.45, 2.75) is 0 Å². The summed E-state index contributed by atoms with van der Waals surface area (Å²) in [6, 6.07) is 15.9. The molecule has 0 fully saturated rings. The first-order chi connectivity index (χ1) is 11.2. The molecule has 0 atom stereocenters. The van der Waals surface area contributed by atoms with Gasteiger partial charge >= 0.3 is 0 Å². The molecule has 0 aliphatic rings. The number of amides is 2. The maximum absolute atomic E-state index is 11.8. The lowest BCUT2D eigenvalue weighted by Gasteiger charge is -2.04. The predicted octanol–water partition coefficient (Wildman–Crippen LogP) is 1.58. The average Bonchev–Trinajstić information content (AvgIpc) is 2.61. The van der Waals surface area contributed by atoms with E-state index in [0.29, 0.717) is 5.56 Å². The minimum Gasteiger partial charge on any atom is -0.497 e. The molecule has 0 saturated heterocycles. The van der Waals surface area contributed by atoms with E-state index < -0.39 is 5.91 Å². The quantitative estimate of drug-likeness (QED) is 0.628. The van der Waals surface area contributed by atoms with Crippen molar-refractivity contribution >= 4 is 18.0 Å². The SMILES string of the molecule is COc1ccc(/C=N\NC(=O)CNC(=O)c2ccccc2)cc1. The van der Waals surface area contributed by atoms with Gasteiger partial charge in [-0.05, 0) is 42.0 Å². The zero-order valence-electron chi connectivity index (χ0n) is 12.7. The smallest absolute Gasteiger partial charge is 0.259 e. The van der Waals surface area contributed by atoms with Crippen LogP contribution in [0.25, 0.3) is 0 Å². The first-order valence-corrected chi connectivity index (χ1v) is 6.98. The molecule has 0 spiro atoms. The fourth-order valence-electron chi connectivity index (χ4n) is 1.76. The van der Waals surface area contributed by atoms with E-state index in [0.717, 1.165) is 11.3 Å². The van der Waals surface area contributed by atoms with Crippen LogP contribution < -0.4 is 15.5 Å². The molecule has 2 rings (SSSR count). The van der Waals surface area contributed by atoms with E-state index in [1.165, 1.54) is 6.21 Å². The zero-order chi connectivity index (χ0) is 16.5. The van der Waals surface area contributed by atoms with Gasteiger partial charge in [0, 0.05) is 5.56 Å². The van der Waals surface area contributed by atoms with Crippen molar-refractivity contribution in [1.82, 2.24) is 10.7 Å². The van der Waals surface area contributed by atoms with E-state index in [2.05, 4.69) is 15.8 Å². The highest BCUT2D eigenvalue weighted by Gasteiger charge is 2.06. The average molecular weight is 311 g/mol. The summed E-state index contributed by atoms with van der Waals surface area (Å²) in [4.78, 5) is 23.4. The van der Waals surface area contributed by atoms with Crippen LogP contribution in [0.2, 0.25) is 0 Å². The molecule has 0 aliphatic heterocycles. The second-order valence-corrected chi connectivity index (χ2v) is 4.62. The second-order valence-electron chi connectivity index (χ2n) is 4.62. The molecule has 2 aromatic rings. The maximum Gasteiger partial charge on any atom is 0.259 e. The minimum absolute atomic E-state index is 0.145. The van der Waals surface area contributed by atoms with E-state index in [-0.39, 0.29) is 12.5 Å². The van der Waals surface area contributed by atoms with Crippen molar-refractivity contribution in [2.24, 2.45) is 5.10 Å². The Morgan fingerprint density at radius 3 is 2.43 bits per heavy atom. The second kappa shape index (κ2) is 8.33. The molecule has 2 amide bonds. The van der Waals surface area contributed by atoms with Gasteiger partial charge in [-0.2, -0.15) is 5.10 Å². The molecule has 0 aromatic heterocycles. The van der Waals surface area contributed by atoms with Crippen molar-refractivity contribution < 1.29 is 14.3 Å². The molecule has 0 radical (unpaired) electrons. The Morgan fingerprint density at radius 1 is 1.09 bits per heavy atom. The summed E-state index contributed by atoms with van der Waals surface area (Å²) in [5.74, 6) is 0.0359. The summed E-state index contributed by atoms with van der Waals surface area (Å²) >= 11 is 0. The fraction of sp³-hybridized carbons (Fsp3) is 0.118. The van der Waals surface area contributed by atoms with Gasteiger partial charge in [-0.15, -0.1) is 0 Å². The Bertz CT molecular complexity index is 682. The number of hydrogen-bond acceptors (Lipinski definition) is 4. The Labute approximate surface area is 134 Å². The fourth-order valence-corrected chi connectivity index (χ4v) is 1.76. The maximum atomic E-state index is 11.8. The summed E-state index contributed by atoms with van der Waals surface area (Å²) in [6.45, 7) is -0.145. The molecule has 2 N–H and O–H groups in total. The number of nitrogens with zero attached hydrogens (tertiary/aromatic N) is 1. The summed E-state index contributed by atoms with van der Waals surface area (Å²) in [5, 5.41) is 6.35. The van der Waals surface area contributed by atoms with Crippen LogP contribution >= 0.6 is 0 Å². The largest absolute Gasteiger partial charge is 0.497 e. The highest BCUT2D eigenvalue weighted by molar-refractivity contribution is 5.96.